The number of hydrogen-bond acceptors (Lipinski definition) is 1. The van der Waals surface area contributed by atoms with Gasteiger partial charge in [-0.15, -0.1) is 0 Å². The van der Waals surface area contributed by atoms with Crippen LogP contribution in [-0.2, 0) is 0 Å². The van der Waals surface area contributed by atoms with Gasteiger partial charge in [0.25, 0.3) is 0 Å². The molecule has 1 N–H and O–H groups in total. The molecule has 3 heteroatoms. The minimum atomic E-state index is 0.566. The maximum atomic E-state index is 6.16. The van der Waals surface area contributed by atoms with Crippen LogP contribution in [0.1, 0.15) is 39.0 Å². The number of anilines is 1. The first-order valence-corrected chi connectivity index (χ1v) is 7.16. The van der Waals surface area contributed by atoms with E-state index in [1.165, 1.54) is 32.1 Å². The summed E-state index contributed by atoms with van der Waals surface area (Å²) in [5.41, 5.74) is 1.01. The fraction of sp³-hybridized carbons (Fsp3) is 0.571. The lowest BCUT2D eigenvalue weighted by Crippen LogP contribution is -2.25. The van der Waals surface area contributed by atoms with Gasteiger partial charge in [0.2, 0.25) is 0 Å². The second-order valence-corrected chi connectivity index (χ2v) is 5.74. The molecule has 0 saturated heterocycles. The molecule has 0 radical (unpaired) electrons. The summed E-state index contributed by atoms with van der Waals surface area (Å²) in [6, 6.07) is 6.21. The molecular weight excluding hydrogens is 253 g/mol. The van der Waals surface area contributed by atoms with Gasteiger partial charge < -0.3 is 5.32 Å². The lowest BCUT2D eigenvalue weighted by atomic mass is 9.84. The molecular formula is C14H19Cl2N. The van der Waals surface area contributed by atoms with Crippen LogP contribution in [0.5, 0.6) is 0 Å². The Morgan fingerprint density at radius 1 is 1.18 bits per heavy atom. The Kier molecular flexibility index (Phi) is 4.58. The Balaban J connectivity index is 1.93. The summed E-state index contributed by atoms with van der Waals surface area (Å²) in [6.07, 6.45) is 6.47. The van der Waals surface area contributed by atoms with Crippen molar-refractivity contribution in [2.45, 2.75) is 45.1 Å². The maximum absolute atomic E-state index is 6.16. The second kappa shape index (κ2) is 5.97. The fourth-order valence-electron chi connectivity index (χ4n) is 2.54. The Morgan fingerprint density at radius 3 is 2.47 bits per heavy atom. The van der Waals surface area contributed by atoms with E-state index in [2.05, 4.69) is 12.2 Å². The first-order chi connectivity index (χ1) is 8.19. The van der Waals surface area contributed by atoms with Crippen molar-refractivity contribution in [2.75, 3.05) is 5.32 Å². The predicted octanol–water partition coefficient (Wildman–Crippen LogP) is 5.37. The van der Waals surface area contributed by atoms with Gasteiger partial charge in [-0.2, -0.15) is 0 Å². The first kappa shape index (κ1) is 13.0. The van der Waals surface area contributed by atoms with Crippen LogP contribution in [0.25, 0.3) is 0 Å². The molecule has 0 atom stereocenters. The van der Waals surface area contributed by atoms with Crippen LogP contribution in [0.4, 0.5) is 5.69 Å². The molecule has 0 aliphatic heterocycles. The molecule has 1 fully saturated rings. The van der Waals surface area contributed by atoms with E-state index in [4.69, 9.17) is 23.2 Å². The molecule has 94 valence electrons. The van der Waals surface area contributed by atoms with Crippen molar-refractivity contribution < 1.29 is 0 Å². The van der Waals surface area contributed by atoms with E-state index in [0.29, 0.717) is 11.1 Å². The first-order valence-electron chi connectivity index (χ1n) is 6.40. The molecule has 1 aliphatic carbocycles. The van der Waals surface area contributed by atoms with Crippen molar-refractivity contribution in [3.05, 3.63) is 28.2 Å². The highest BCUT2D eigenvalue weighted by Crippen LogP contribution is 2.31. The van der Waals surface area contributed by atoms with Crippen molar-refractivity contribution in [3.63, 3.8) is 0 Å². The summed E-state index contributed by atoms with van der Waals surface area (Å²) in [4.78, 5) is 0. The highest BCUT2D eigenvalue weighted by atomic mass is 35.5. The van der Waals surface area contributed by atoms with Crippen molar-refractivity contribution in [1.29, 1.82) is 0 Å². The van der Waals surface area contributed by atoms with Crippen molar-refractivity contribution in [1.82, 2.24) is 0 Å². The van der Waals surface area contributed by atoms with E-state index in [9.17, 15) is 0 Å². The Labute approximate surface area is 114 Å². The largest absolute Gasteiger partial charge is 0.381 e. The minimum absolute atomic E-state index is 0.566. The van der Waals surface area contributed by atoms with Gasteiger partial charge in [0.1, 0.15) is 0 Å². The van der Waals surface area contributed by atoms with Crippen LogP contribution in [-0.4, -0.2) is 6.04 Å². The quantitative estimate of drug-likeness (QED) is 0.779. The summed E-state index contributed by atoms with van der Waals surface area (Å²) in [5.74, 6) is 0.925. The molecule has 0 spiro atoms. The minimum Gasteiger partial charge on any atom is -0.381 e. The Morgan fingerprint density at radius 2 is 1.88 bits per heavy atom. The number of nitrogens with one attached hydrogen (secondary N) is 1. The van der Waals surface area contributed by atoms with Crippen LogP contribution in [0, 0.1) is 5.92 Å². The third kappa shape index (κ3) is 3.53. The van der Waals surface area contributed by atoms with Crippen molar-refractivity contribution >= 4 is 28.9 Å². The Bertz CT molecular complexity index is 370. The molecule has 1 aromatic rings. The van der Waals surface area contributed by atoms with Crippen LogP contribution in [0.3, 0.4) is 0 Å². The zero-order valence-corrected chi connectivity index (χ0v) is 11.7. The van der Waals surface area contributed by atoms with Gasteiger partial charge in [0.15, 0.2) is 0 Å². The lowest BCUT2D eigenvalue weighted by molar-refractivity contribution is 0.330. The third-order valence-electron chi connectivity index (χ3n) is 3.71. The average Bonchev–Trinajstić information content (AvgIpc) is 2.34. The maximum Gasteiger partial charge on any atom is 0.0652 e. The lowest BCUT2D eigenvalue weighted by Gasteiger charge is -2.29. The molecule has 0 heterocycles. The molecule has 17 heavy (non-hydrogen) atoms. The van der Waals surface area contributed by atoms with Crippen LogP contribution in [0.15, 0.2) is 18.2 Å². The molecule has 2 rings (SSSR count). The zero-order chi connectivity index (χ0) is 12.3. The Hall–Kier alpha value is -0.400. The van der Waals surface area contributed by atoms with Gasteiger partial charge in [0, 0.05) is 11.1 Å². The molecule has 1 aromatic carbocycles. The smallest absolute Gasteiger partial charge is 0.0652 e. The van der Waals surface area contributed by atoms with Crippen molar-refractivity contribution in [2.24, 2.45) is 5.92 Å². The molecule has 1 aliphatic rings. The fourth-order valence-corrected chi connectivity index (χ4v) is 3.00. The van der Waals surface area contributed by atoms with E-state index in [0.717, 1.165) is 16.6 Å². The number of hydrogen-bond donors (Lipinski definition) is 1. The molecule has 0 unspecified atom stereocenters. The van der Waals surface area contributed by atoms with E-state index in [1.54, 1.807) is 6.07 Å². The van der Waals surface area contributed by atoms with Gasteiger partial charge in [-0.25, -0.2) is 0 Å². The molecule has 0 amide bonds. The third-order valence-corrected chi connectivity index (χ3v) is 4.26. The predicted molar refractivity (Wildman–Crippen MR) is 76.1 cm³/mol. The zero-order valence-electron chi connectivity index (χ0n) is 10.2. The topological polar surface area (TPSA) is 12.0 Å². The highest BCUT2D eigenvalue weighted by molar-refractivity contribution is 6.36. The monoisotopic (exact) mass is 271 g/mol. The van der Waals surface area contributed by atoms with E-state index in [-0.39, 0.29) is 0 Å². The van der Waals surface area contributed by atoms with E-state index < -0.39 is 0 Å². The van der Waals surface area contributed by atoms with E-state index >= 15 is 0 Å². The van der Waals surface area contributed by atoms with Crippen molar-refractivity contribution in [3.8, 4) is 0 Å². The molecule has 0 bridgehead atoms. The van der Waals surface area contributed by atoms with Gasteiger partial charge in [-0.3, -0.25) is 0 Å². The average molecular weight is 272 g/mol. The molecule has 1 nitrogen and oxygen atoms in total. The van der Waals surface area contributed by atoms with Crippen LogP contribution in [0.2, 0.25) is 10.0 Å². The molecule has 1 saturated carbocycles. The van der Waals surface area contributed by atoms with Gasteiger partial charge in [0.05, 0.1) is 10.7 Å². The normalized spacial score (nSPS) is 24.6. The number of rotatable bonds is 3. The van der Waals surface area contributed by atoms with Crippen LogP contribution < -0.4 is 5.32 Å². The molecule has 0 aromatic heterocycles. The standard InChI is InChI=1S/C14H19Cl2N/c1-2-10-3-6-12(7-4-10)17-14-8-5-11(15)9-13(14)16/h5,8-10,12,17H,2-4,6-7H2,1H3. The van der Waals surface area contributed by atoms with E-state index in [1.807, 2.05) is 12.1 Å². The summed E-state index contributed by atoms with van der Waals surface area (Å²) in [6.45, 7) is 2.29. The van der Waals surface area contributed by atoms with Gasteiger partial charge in [-0.05, 0) is 49.8 Å². The highest BCUT2D eigenvalue weighted by Gasteiger charge is 2.20. The second-order valence-electron chi connectivity index (χ2n) is 4.89. The summed E-state index contributed by atoms with van der Waals surface area (Å²) in [5, 5.41) is 4.94. The summed E-state index contributed by atoms with van der Waals surface area (Å²) >= 11 is 12.0. The number of benzene rings is 1. The SMILES string of the molecule is CCC1CCC(Nc2ccc(Cl)cc2Cl)CC1. The summed E-state index contributed by atoms with van der Waals surface area (Å²) in [7, 11) is 0. The van der Waals surface area contributed by atoms with Gasteiger partial charge in [-0.1, -0.05) is 36.5 Å². The number of halogens is 2. The van der Waals surface area contributed by atoms with Gasteiger partial charge >= 0.3 is 0 Å². The summed E-state index contributed by atoms with van der Waals surface area (Å²) < 4.78 is 0. The van der Waals surface area contributed by atoms with Crippen LogP contribution >= 0.6 is 23.2 Å².